The van der Waals surface area contributed by atoms with Crippen molar-refractivity contribution in [1.29, 1.82) is 0 Å². The van der Waals surface area contributed by atoms with E-state index < -0.39 is 0 Å². The Kier molecular flexibility index (Phi) is 10.3. The van der Waals surface area contributed by atoms with Gasteiger partial charge in [0.2, 0.25) is 0 Å². The minimum atomic E-state index is 0.923. The summed E-state index contributed by atoms with van der Waals surface area (Å²) < 4.78 is 0. The maximum atomic E-state index is 3.59. The SMILES string of the molecule is CCCCCCCCCCN(CCBr)C1CCC1. The first kappa shape index (κ1) is 16.5. The van der Waals surface area contributed by atoms with E-state index in [0.717, 1.165) is 11.4 Å². The van der Waals surface area contributed by atoms with Crippen LogP contribution in [0.2, 0.25) is 0 Å². The highest BCUT2D eigenvalue weighted by atomic mass is 79.9. The quantitative estimate of drug-likeness (QED) is 0.345. The van der Waals surface area contributed by atoms with E-state index in [4.69, 9.17) is 0 Å². The number of alkyl halides is 1. The van der Waals surface area contributed by atoms with Gasteiger partial charge in [-0.2, -0.15) is 0 Å². The van der Waals surface area contributed by atoms with Crippen LogP contribution >= 0.6 is 15.9 Å². The van der Waals surface area contributed by atoms with Crippen molar-refractivity contribution in [2.24, 2.45) is 0 Å². The summed E-state index contributed by atoms with van der Waals surface area (Å²) in [6.45, 7) is 4.88. The third-order valence-corrected chi connectivity index (χ3v) is 4.62. The molecule has 1 rings (SSSR count). The predicted molar refractivity (Wildman–Crippen MR) is 85.6 cm³/mol. The number of hydrogen-bond acceptors (Lipinski definition) is 1. The molecule has 0 aromatic carbocycles. The molecule has 1 fully saturated rings. The Morgan fingerprint density at radius 3 is 2.00 bits per heavy atom. The van der Waals surface area contributed by atoms with Crippen LogP contribution in [0.25, 0.3) is 0 Å². The van der Waals surface area contributed by atoms with E-state index in [1.807, 2.05) is 0 Å². The van der Waals surface area contributed by atoms with E-state index in [9.17, 15) is 0 Å². The summed E-state index contributed by atoms with van der Waals surface area (Å²) in [5.41, 5.74) is 0. The van der Waals surface area contributed by atoms with Crippen LogP contribution in [0.15, 0.2) is 0 Å². The van der Waals surface area contributed by atoms with Gasteiger partial charge in [0.05, 0.1) is 0 Å². The van der Waals surface area contributed by atoms with Crippen LogP contribution in [0.5, 0.6) is 0 Å². The second-order valence-electron chi connectivity index (χ2n) is 5.78. The smallest absolute Gasteiger partial charge is 0.0159 e. The summed E-state index contributed by atoms with van der Waals surface area (Å²) in [5, 5.41) is 1.14. The highest BCUT2D eigenvalue weighted by Gasteiger charge is 2.23. The van der Waals surface area contributed by atoms with Crippen LogP contribution < -0.4 is 0 Å². The van der Waals surface area contributed by atoms with Crippen molar-refractivity contribution in [3.8, 4) is 0 Å². The number of nitrogens with zero attached hydrogens (tertiary/aromatic N) is 1. The van der Waals surface area contributed by atoms with E-state index in [1.165, 1.54) is 83.7 Å². The van der Waals surface area contributed by atoms with Crippen molar-refractivity contribution in [3.63, 3.8) is 0 Å². The summed E-state index contributed by atoms with van der Waals surface area (Å²) in [7, 11) is 0. The lowest BCUT2D eigenvalue weighted by Crippen LogP contribution is -2.41. The third kappa shape index (κ3) is 7.13. The van der Waals surface area contributed by atoms with Crippen molar-refractivity contribution in [1.82, 2.24) is 4.90 Å². The molecule has 0 aromatic heterocycles. The van der Waals surface area contributed by atoms with Crippen molar-refractivity contribution in [2.75, 3.05) is 18.4 Å². The minimum absolute atomic E-state index is 0.923. The van der Waals surface area contributed by atoms with Gasteiger partial charge in [0.15, 0.2) is 0 Å². The number of hydrogen-bond donors (Lipinski definition) is 0. The summed E-state index contributed by atoms with van der Waals surface area (Å²) in [6.07, 6.45) is 15.8. The average molecular weight is 318 g/mol. The van der Waals surface area contributed by atoms with Crippen LogP contribution in [-0.4, -0.2) is 29.4 Å². The standard InChI is InChI=1S/C16H32BrN/c1-2-3-4-5-6-7-8-9-14-18(15-13-17)16-11-10-12-16/h16H,2-15H2,1H3. The fourth-order valence-electron chi connectivity index (χ4n) is 2.79. The Morgan fingerprint density at radius 1 is 0.889 bits per heavy atom. The van der Waals surface area contributed by atoms with Gasteiger partial charge in [0.25, 0.3) is 0 Å². The summed E-state index contributed by atoms with van der Waals surface area (Å²) in [4.78, 5) is 2.72. The highest BCUT2D eigenvalue weighted by Crippen LogP contribution is 2.25. The van der Waals surface area contributed by atoms with Crippen molar-refractivity contribution in [2.45, 2.75) is 83.6 Å². The Labute approximate surface area is 123 Å². The number of rotatable bonds is 12. The fraction of sp³-hybridized carbons (Fsp3) is 1.00. The topological polar surface area (TPSA) is 3.24 Å². The van der Waals surface area contributed by atoms with E-state index >= 15 is 0 Å². The van der Waals surface area contributed by atoms with Gasteiger partial charge in [0.1, 0.15) is 0 Å². The molecule has 0 radical (unpaired) electrons. The lowest BCUT2D eigenvalue weighted by Gasteiger charge is -2.37. The molecule has 0 N–H and O–H groups in total. The maximum absolute atomic E-state index is 3.59. The molecular weight excluding hydrogens is 286 g/mol. The van der Waals surface area contributed by atoms with Gasteiger partial charge in [-0.15, -0.1) is 0 Å². The van der Waals surface area contributed by atoms with Crippen molar-refractivity contribution in [3.05, 3.63) is 0 Å². The Bertz CT molecular complexity index is 180. The van der Waals surface area contributed by atoms with Gasteiger partial charge in [-0.1, -0.05) is 74.2 Å². The molecule has 18 heavy (non-hydrogen) atoms. The molecule has 0 atom stereocenters. The molecular formula is C16H32BrN. The molecule has 0 aromatic rings. The molecule has 1 saturated carbocycles. The van der Waals surface area contributed by atoms with E-state index in [2.05, 4.69) is 27.8 Å². The molecule has 0 bridgehead atoms. The molecule has 0 spiro atoms. The molecule has 0 saturated heterocycles. The van der Waals surface area contributed by atoms with Gasteiger partial charge < -0.3 is 0 Å². The van der Waals surface area contributed by atoms with E-state index in [0.29, 0.717) is 0 Å². The van der Waals surface area contributed by atoms with Crippen LogP contribution in [-0.2, 0) is 0 Å². The molecule has 108 valence electrons. The Morgan fingerprint density at radius 2 is 1.50 bits per heavy atom. The zero-order valence-electron chi connectivity index (χ0n) is 12.3. The van der Waals surface area contributed by atoms with Gasteiger partial charge in [0, 0.05) is 17.9 Å². The van der Waals surface area contributed by atoms with E-state index in [1.54, 1.807) is 0 Å². The van der Waals surface area contributed by atoms with Gasteiger partial charge in [-0.05, 0) is 25.8 Å². The highest BCUT2D eigenvalue weighted by molar-refractivity contribution is 9.09. The maximum Gasteiger partial charge on any atom is 0.0159 e. The van der Waals surface area contributed by atoms with Crippen molar-refractivity contribution < 1.29 is 0 Å². The third-order valence-electron chi connectivity index (χ3n) is 4.26. The Hall–Kier alpha value is 0.440. The van der Waals surface area contributed by atoms with Crippen LogP contribution in [0.4, 0.5) is 0 Å². The average Bonchev–Trinajstić information content (AvgIpc) is 2.30. The number of halogens is 1. The predicted octanol–water partition coefficient (Wildman–Crippen LogP) is 5.38. The Balaban J connectivity index is 1.91. The largest absolute Gasteiger partial charge is 0.300 e. The normalized spacial score (nSPS) is 16.2. The number of unbranched alkanes of at least 4 members (excludes halogenated alkanes) is 7. The summed E-state index contributed by atoms with van der Waals surface area (Å²) in [5.74, 6) is 0. The summed E-state index contributed by atoms with van der Waals surface area (Å²) in [6, 6.07) is 0.923. The molecule has 0 unspecified atom stereocenters. The fourth-order valence-corrected chi connectivity index (χ4v) is 3.24. The molecule has 1 nitrogen and oxygen atoms in total. The first-order chi connectivity index (χ1) is 8.88. The second kappa shape index (κ2) is 11.3. The molecule has 0 amide bonds. The van der Waals surface area contributed by atoms with E-state index in [-0.39, 0.29) is 0 Å². The lowest BCUT2D eigenvalue weighted by molar-refractivity contribution is 0.133. The second-order valence-corrected chi connectivity index (χ2v) is 6.58. The lowest BCUT2D eigenvalue weighted by atomic mass is 9.91. The monoisotopic (exact) mass is 317 g/mol. The minimum Gasteiger partial charge on any atom is -0.300 e. The van der Waals surface area contributed by atoms with Crippen LogP contribution in [0.1, 0.15) is 77.6 Å². The van der Waals surface area contributed by atoms with Gasteiger partial charge in [-0.25, -0.2) is 0 Å². The van der Waals surface area contributed by atoms with Crippen LogP contribution in [0.3, 0.4) is 0 Å². The van der Waals surface area contributed by atoms with Gasteiger partial charge >= 0.3 is 0 Å². The molecule has 0 heterocycles. The van der Waals surface area contributed by atoms with Crippen molar-refractivity contribution >= 4 is 15.9 Å². The first-order valence-corrected chi connectivity index (χ1v) is 9.30. The zero-order chi connectivity index (χ0) is 13.1. The van der Waals surface area contributed by atoms with Crippen LogP contribution in [0, 0.1) is 0 Å². The molecule has 0 aliphatic heterocycles. The molecule has 2 heteroatoms. The zero-order valence-corrected chi connectivity index (χ0v) is 13.9. The molecule has 1 aliphatic rings. The first-order valence-electron chi connectivity index (χ1n) is 8.18. The van der Waals surface area contributed by atoms with Gasteiger partial charge in [-0.3, -0.25) is 4.90 Å². The molecule has 1 aliphatic carbocycles. The summed E-state index contributed by atoms with van der Waals surface area (Å²) >= 11 is 3.59.